The van der Waals surface area contributed by atoms with Gasteiger partial charge >= 0.3 is 0 Å². The summed E-state index contributed by atoms with van der Waals surface area (Å²) in [5.74, 6) is -1.81. The number of phenols is 1. The third kappa shape index (κ3) is 6.20. The summed E-state index contributed by atoms with van der Waals surface area (Å²) >= 11 is 1.08. The van der Waals surface area contributed by atoms with E-state index in [1.807, 2.05) is 0 Å². The van der Waals surface area contributed by atoms with Gasteiger partial charge in [-0.3, -0.25) is 9.59 Å². The van der Waals surface area contributed by atoms with Crippen molar-refractivity contribution in [3.63, 3.8) is 0 Å². The number of carbonyl (C=O) groups is 3. The molecule has 10 heteroatoms. The van der Waals surface area contributed by atoms with Crippen LogP contribution >= 0.6 is 11.8 Å². The molecule has 2 amide bonds. The van der Waals surface area contributed by atoms with Crippen LogP contribution in [-0.4, -0.2) is 46.1 Å². The molecule has 0 radical (unpaired) electrons. The molecule has 1 aromatic carbocycles. The van der Waals surface area contributed by atoms with E-state index in [1.54, 1.807) is 18.2 Å². The minimum absolute atomic E-state index is 0.0516. The lowest BCUT2D eigenvalue weighted by Crippen LogP contribution is -2.32. The molecular weight excluding hydrogens is 360 g/mol. The first-order valence-corrected chi connectivity index (χ1v) is 8.66. The molecular formula is C16H17N4O5S-. The fourth-order valence-electron chi connectivity index (χ4n) is 2.03. The van der Waals surface area contributed by atoms with E-state index >= 15 is 0 Å². The minimum atomic E-state index is -1.17. The number of nitrogens with one attached hydrogen (secondary N) is 2. The SMILES string of the molecule is O=C([O-])CCCNC(=O)C[C@@H]1S/C(=N\N=C\c2ccccc2O)NC1=O. The number of para-hydroxylation sites is 1. The lowest BCUT2D eigenvalue weighted by atomic mass is 10.2. The van der Waals surface area contributed by atoms with Crippen molar-refractivity contribution in [1.29, 1.82) is 0 Å². The molecule has 0 spiro atoms. The van der Waals surface area contributed by atoms with Gasteiger partial charge in [-0.25, -0.2) is 0 Å². The Labute approximate surface area is 153 Å². The standard InChI is InChI=1S/C16H18N4O5S/c21-11-5-2-1-4-10(11)9-18-20-16-19-15(25)12(26-16)8-13(22)17-7-3-6-14(23)24/h1-2,4-5,9,12,21H,3,6-8H2,(H,17,22)(H,23,24)(H,19,20,25)/p-1/b18-9+/t12-/m0/s1. The Morgan fingerprint density at radius 3 is 2.88 bits per heavy atom. The summed E-state index contributed by atoms with van der Waals surface area (Å²) in [5.41, 5.74) is 0.485. The molecule has 1 aromatic rings. The molecule has 1 saturated heterocycles. The Morgan fingerprint density at radius 2 is 2.15 bits per heavy atom. The zero-order valence-corrected chi connectivity index (χ0v) is 14.5. The summed E-state index contributed by atoms with van der Waals surface area (Å²) in [6.45, 7) is 0.206. The molecule has 1 fully saturated rings. The number of aliphatic carboxylic acids is 1. The van der Waals surface area contributed by atoms with E-state index in [0.29, 0.717) is 5.56 Å². The molecule has 9 nitrogen and oxygen atoms in total. The first-order valence-electron chi connectivity index (χ1n) is 7.79. The number of amidine groups is 1. The predicted molar refractivity (Wildman–Crippen MR) is 94.5 cm³/mol. The number of rotatable bonds is 8. The molecule has 1 atom stereocenters. The number of nitrogens with zero attached hydrogens (tertiary/aromatic N) is 2. The number of benzene rings is 1. The normalized spacial score (nSPS) is 18.2. The molecule has 3 N–H and O–H groups in total. The topological polar surface area (TPSA) is 143 Å². The number of carboxylic acids is 1. The number of carbonyl (C=O) groups excluding carboxylic acids is 3. The third-order valence-corrected chi connectivity index (χ3v) is 4.38. The summed E-state index contributed by atoms with van der Waals surface area (Å²) in [4.78, 5) is 33.9. The van der Waals surface area contributed by atoms with Crippen LogP contribution in [0.25, 0.3) is 0 Å². The molecule has 0 aliphatic carbocycles. The van der Waals surface area contributed by atoms with Crippen LogP contribution in [0.15, 0.2) is 34.5 Å². The molecule has 0 unspecified atom stereocenters. The summed E-state index contributed by atoms with van der Waals surface area (Å²) in [5, 5.41) is 32.3. The average molecular weight is 377 g/mol. The van der Waals surface area contributed by atoms with Gasteiger partial charge in [0.15, 0.2) is 5.17 Å². The summed E-state index contributed by atoms with van der Waals surface area (Å²) in [6, 6.07) is 6.59. The molecule has 2 rings (SSSR count). The van der Waals surface area contributed by atoms with Crippen molar-refractivity contribution in [2.45, 2.75) is 24.5 Å². The van der Waals surface area contributed by atoms with Gasteiger partial charge in [-0.1, -0.05) is 23.9 Å². The molecule has 0 bridgehead atoms. The number of phenolic OH excluding ortho intramolecular Hbond substituents is 1. The van der Waals surface area contributed by atoms with Crippen LogP contribution in [-0.2, 0) is 14.4 Å². The van der Waals surface area contributed by atoms with Crippen molar-refractivity contribution in [2.75, 3.05) is 6.54 Å². The summed E-state index contributed by atoms with van der Waals surface area (Å²) < 4.78 is 0. The number of aromatic hydroxyl groups is 1. The highest BCUT2D eigenvalue weighted by molar-refractivity contribution is 8.15. The molecule has 1 aliphatic heterocycles. The number of thioether (sulfide) groups is 1. The quantitative estimate of drug-likeness (QED) is 0.312. The third-order valence-electron chi connectivity index (χ3n) is 3.31. The van der Waals surface area contributed by atoms with E-state index in [2.05, 4.69) is 20.8 Å². The van der Waals surface area contributed by atoms with Gasteiger partial charge in [0.05, 0.1) is 6.21 Å². The van der Waals surface area contributed by atoms with Crippen LogP contribution in [0.2, 0.25) is 0 Å². The van der Waals surface area contributed by atoms with Gasteiger partial charge in [-0.15, -0.1) is 5.10 Å². The highest BCUT2D eigenvalue weighted by atomic mass is 32.2. The maximum Gasteiger partial charge on any atom is 0.240 e. The van der Waals surface area contributed by atoms with Crippen LogP contribution in [0.3, 0.4) is 0 Å². The van der Waals surface area contributed by atoms with E-state index in [9.17, 15) is 24.6 Å². The second-order valence-corrected chi connectivity index (χ2v) is 6.53. The molecule has 1 heterocycles. The van der Waals surface area contributed by atoms with E-state index in [-0.39, 0.29) is 48.5 Å². The van der Waals surface area contributed by atoms with Crippen molar-refractivity contribution < 1.29 is 24.6 Å². The maximum absolute atomic E-state index is 11.9. The average Bonchev–Trinajstić information content (AvgIpc) is 2.93. The minimum Gasteiger partial charge on any atom is -0.550 e. The van der Waals surface area contributed by atoms with E-state index in [1.165, 1.54) is 12.3 Å². The Kier molecular flexibility index (Phi) is 7.15. The fourth-order valence-corrected chi connectivity index (χ4v) is 2.95. The maximum atomic E-state index is 11.9. The van der Waals surface area contributed by atoms with Gasteiger partial charge in [0, 0.05) is 24.5 Å². The fraction of sp³-hybridized carbons (Fsp3) is 0.312. The van der Waals surface area contributed by atoms with Gasteiger partial charge in [0.1, 0.15) is 11.0 Å². The molecule has 0 aromatic heterocycles. The number of carboxylic acid groups (broad SMARTS) is 1. The first kappa shape index (κ1) is 19.4. The highest BCUT2D eigenvalue weighted by Gasteiger charge is 2.32. The molecule has 138 valence electrons. The Bertz CT molecular complexity index is 750. The Balaban J connectivity index is 1.81. The van der Waals surface area contributed by atoms with Crippen molar-refractivity contribution in [3.05, 3.63) is 29.8 Å². The molecule has 0 saturated carbocycles. The van der Waals surface area contributed by atoms with Crippen molar-refractivity contribution in [3.8, 4) is 5.75 Å². The van der Waals surface area contributed by atoms with E-state index < -0.39 is 11.2 Å². The van der Waals surface area contributed by atoms with Crippen molar-refractivity contribution in [1.82, 2.24) is 10.6 Å². The zero-order valence-electron chi connectivity index (χ0n) is 13.7. The Hall–Kier alpha value is -2.88. The van der Waals surface area contributed by atoms with E-state index in [4.69, 9.17) is 0 Å². The van der Waals surface area contributed by atoms with Gasteiger partial charge in [0.2, 0.25) is 11.8 Å². The summed E-state index contributed by atoms with van der Waals surface area (Å²) in [7, 11) is 0. The largest absolute Gasteiger partial charge is 0.550 e. The Morgan fingerprint density at radius 1 is 1.38 bits per heavy atom. The molecule has 26 heavy (non-hydrogen) atoms. The van der Waals surface area contributed by atoms with Crippen LogP contribution < -0.4 is 15.7 Å². The highest BCUT2D eigenvalue weighted by Crippen LogP contribution is 2.22. The number of hydrogen-bond acceptors (Lipinski definition) is 8. The molecule has 1 aliphatic rings. The second kappa shape index (κ2) is 9.56. The van der Waals surface area contributed by atoms with Crippen molar-refractivity contribution >= 4 is 40.9 Å². The van der Waals surface area contributed by atoms with Crippen LogP contribution in [0, 0.1) is 0 Å². The van der Waals surface area contributed by atoms with Crippen LogP contribution in [0.1, 0.15) is 24.8 Å². The first-order chi connectivity index (χ1) is 12.5. The predicted octanol–water partition coefficient (Wildman–Crippen LogP) is -0.650. The van der Waals surface area contributed by atoms with E-state index in [0.717, 1.165) is 11.8 Å². The lowest BCUT2D eigenvalue weighted by Gasteiger charge is -2.07. The number of amides is 2. The lowest BCUT2D eigenvalue weighted by molar-refractivity contribution is -0.305. The van der Waals surface area contributed by atoms with Crippen molar-refractivity contribution in [2.24, 2.45) is 10.2 Å². The summed E-state index contributed by atoms with van der Waals surface area (Å²) in [6.07, 6.45) is 1.44. The van der Waals surface area contributed by atoms with Crippen LogP contribution in [0.5, 0.6) is 5.75 Å². The van der Waals surface area contributed by atoms with Gasteiger partial charge in [-0.2, -0.15) is 5.10 Å². The smallest absolute Gasteiger partial charge is 0.240 e. The van der Waals surface area contributed by atoms with Gasteiger partial charge < -0.3 is 25.6 Å². The van der Waals surface area contributed by atoms with Gasteiger partial charge in [-0.05, 0) is 25.0 Å². The number of hydrogen-bond donors (Lipinski definition) is 3. The monoisotopic (exact) mass is 377 g/mol. The van der Waals surface area contributed by atoms with Crippen LogP contribution in [0.4, 0.5) is 0 Å². The van der Waals surface area contributed by atoms with Gasteiger partial charge in [0.25, 0.3) is 0 Å². The zero-order chi connectivity index (χ0) is 18.9. The second-order valence-electron chi connectivity index (χ2n) is 5.33.